The first-order chi connectivity index (χ1) is 9.83. The van der Waals surface area contributed by atoms with Gasteiger partial charge in [0.1, 0.15) is 0 Å². The number of anilines is 1. The van der Waals surface area contributed by atoms with Gasteiger partial charge >= 0.3 is 0 Å². The van der Waals surface area contributed by atoms with Crippen LogP contribution in [0.2, 0.25) is 0 Å². The summed E-state index contributed by atoms with van der Waals surface area (Å²) in [5, 5.41) is 6.26. The predicted octanol–water partition coefficient (Wildman–Crippen LogP) is 2.74. The maximum absolute atomic E-state index is 12.5. The first kappa shape index (κ1) is 17.5. The molecule has 21 heavy (non-hydrogen) atoms. The maximum Gasteiger partial charge on any atom is 0.251 e. The summed E-state index contributed by atoms with van der Waals surface area (Å²) < 4.78 is 0. The summed E-state index contributed by atoms with van der Waals surface area (Å²) in [5.74, 6) is 0.575. The van der Waals surface area contributed by atoms with Crippen molar-refractivity contribution in [1.29, 1.82) is 0 Å². The third-order valence-corrected chi connectivity index (χ3v) is 3.44. The molecule has 118 valence electrons. The molecule has 0 heterocycles. The van der Waals surface area contributed by atoms with Crippen LogP contribution in [0.1, 0.15) is 36.2 Å². The molecule has 1 amide bonds. The van der Waals surface area contributed by atoms with Gasteiger partial charge in [-0.25, -0.2) is 0 Å². The Hall–Kier alpha value is -1.55. The van der Waals surface area contributed by atoms with Crippen LogP contribution in [-0.2, 0) is 0 Å². The molecule has 4 nitrogen and oxygen atoms in total. The number of nitrogens with one attached hydrogen (secondary N) is 2. The molecule has 0 spiro atoms. The molecule has 1 atom stereocenters. The van der Waals surface area contributed by atoms with Crippen molar-refractivity contribution in [1.82, 2.24) is 10.2 Å². The molecule has 1 rings (SSSR count). The lowest BCUT2D eigenvalue weighted by atomic mass is 10.0. The number of benzene rings is 1. The molecule has 2 N–H and O–H groups in total. The smallest absolute Gasteiger partial charge is 0.251 e. The minimum Gasteiger partial charge on any atom is -0.388 e. The molecule has 0 saturated carbocycles. The predicted molar refractivity (Wildman–Crippen MR) is 90.0 cm³/mol. The summed E-state index contributed by atoms with van der Waals surface area (Å²) in [4.78, 5) is 14.6. The second-order valence-corrected chi connectivity index (χ2v) is 6.34. The summed E-state index contributed by atoms with van der Waals surface area (Å²) in [5.41, 5.74) is 2.77. The van der Waals surface area contributed by atoms with Gasteiger partial charge in [-0.1, -0.05) is 13.8 Å². The fourth-order valence-electron chi connectivity index (χ4n) is 2.53. The standard InChI is InChI=1S/C17H29N3O/c1-12(2)9-15(11-20(5)6)19-17(21)16-8-7-14(18-4)10-13(16)3/h7-8,10,12,15,18H,9,11H2,1-6H3,(H,19,21). The van der Waals surface area contributed by atoms with E-state index in [1.54, 1.807) is 0 Å². The lowest BCUT2D eigenvalue weighted by Crippen LogP contribution is -2.42. The summed E-state index contributed by atoms with van der Waals surface area (Å²) >= 11 is 0. The third kappa shape index (κ3) is 5.76. The Morgan fingerprint density at radius 2 is 1.95 bits per heavy atom. The minimum atomic E-state index is 0.0163. The van der Waals surface area contributed by atoms with E-state index in [9.17, 15) is 4.79 Å². The molecule has 1 aromatic carbocycles. The molecule has 0 fully saturated rings. The van der Waals surface area contributed by atoms with Crippen LogP contribution in [0.5, 0.6) is 0 Å². The second kappa shape index (κ2) is 8.03. The molecule has 4 heteroatoms. The van der Waals surface area contributed by atoms with Gasteiger partial charge in [0.05, 0.1) is 0 Å². The average Bonchev–Trinajstić information content (AvgIpc) is 2.36. The first-order valence-electron chi connectivity index (χ1n) is 7.57. The van der Waals surface area contributed by atoms with E-state index in [1.807, 2.05) is 46.3 Å². The number of nitrogens with zero attached hydrogens (tertiary/aromatic N) is 1. The SMILES string of the molecule is CNc1ccc(C(=O)NC(CC(C)C)CN(C)C)c(C)c1. The van der Waals surface area contributed by atoms with Crippen LogP contribution in [0, 0.1) is 12.8 Å². The Bertz CT molecular complexity index is 459. The number of hydrogen-bond donors (Lipinski definition) is 2. The average molecular weight is 291 g/mol. The molecule has 0 aliphatic rings. The Balaban J connectivity index is 2.81. The highest BCUT2D eigenvalue weighted by atomic mass is 16.1. The summed E-state index contributed by atoms with van der Waals surface area (Å²) in [6.45, 7) is 7.19. The number of carbonyl (C=O) groups is 1. The fraction of sp³-hybridized carbons (Fsp3) is 0.588. The van der Waals surface area contributed by atoms with Gasteiger partial charge < -0.3 is 15.5 Å². The van der Waals surface area contributed by atoms with E-state index in [2.05, 4.69) is 29.4 Å². The zero-order chi connectivity index (χ0) is 16.0. The molecule has 0 radical (unpaired) electrons. The van der Waals surface area contributed by atoms with Crippen molar-refractivity contribution in [3.05, 3.63) is 29.3 Å². The van der Waals surface area contributed by atoms with Gasteiger partial charge in [0.2, 0.25) is 0 Å². The molecule has 0 bridgehead atoms. The first-order valence-corrected chi connectivity index (χ1v) is 7.57. The van der Waals surface area contributed by atoms with Gasteiger partial charge in [-0.15, -0.1) is 0 Å². The van der Waals surface area contributed by atoms with Crippen LogP contribution in [0.3, 0.4) is 0 Å². The Kier molecular flexibility index (Phi) is 6.69. The Morgan fingerprint density at radius 3 is 2.43 bits per heavy atom. The summed E-state index contributed by atoms with van der Waals surface area (Å²) in [6.07, 6.45) is 0.984. The highest BCUT2D eigenvalue weighted by molar-refractivity contribution is 5.96. The van der Waals surface area contributed by atoms with Crippen molar-refractivity contribution in [2.45, 2.75) is 33.2 Å². The maximum atomic E-state index is 12.5. The van der Waals surface area contributed by atoms with Crippen molar-refractivity contribution in [2.24, 2.45) is 5.92 Å². The lowest BCUT2D eigenvalue weighted by Gasteiger charge is -2.24. The molecule has 1 aromatic rings. The fourth-order valence-corrected chi connectivity index (χ4v) is 2.53. The number of hydrogen-bond acceptors (Lipinski definition) is 3. The van der Waals surface area contributed by atoms with E-state index in [0.29, 0.717) is 5.92 Å². The largest absolute Gasteiger partial charge is 0.388 e. The molecule has 0 aromatic heterocycles. The second-order valence-electron chi connectivity index (χ2n) is 6.34. The van der Waals surface area contributed by atoms with Gasteiger partial charge in [-0.3, -0.25) is 4.79 Å². The van der Waals surface area contributed by atoms with Crippen molar-refractivity contribution in [3.63, 3.8) is 0 Å². The van der Waals surface area contributed by atoms with Crippen LogP contribution in [0.15, 0.2) is 18.2 Å². The van der Waals surface area contributed by atoms with Crippen molar-refractivity contribution < 1.29 is 4.79 Å². The molecular formula is C17H29N3O. The number of aryl methyl sites for hydroxylation is 1. The van der Waals surface area contributed by atoms with Crippen LogP contribution in [-0.4, -0.2) is 44.5 Å². The summed E-state index contributed by atoms with van der Waals surface area (Å²) in [7, 11) is 5.95. The molecule has 0 aliphatic heterocycles. The van der Waals surface area contributed by atoms with Gasteiger partial charge in [0.25, 0.3) is 5.91 Å². The van der Waals surface area contributed by atoms with Gasteiger partial charge in [-0.2, -0.15) is 0 Å². The topological polar surface area (TPSA) is 44.4 Å². The van der Waals surface area contributed by atoms with Crippen LogP contribution in [0.25, 0.3) is 0 Å². The summed E-state index contributed by atoms with van der Waals surface area (Å²) in [6, 6.07) is 6.00. The lowest BCUT2D eigenvalue weighted by molar-refractivity contribution is 0.0924. The van der Waals surface area contributed by atoms with E-state index >= 15 is 0 Å². The highest BCUT2D eigenvalue weighted by Crippen LogP contribution is 2.15. The molecule has 0 saturated heterocycles. The van der Waals surface area contributed by atoms with Crippen LogP contribution < -0.4 is 10.6 Å². The number of amides is 1. The van der Waals surface area contributed by atoms with Crippen LogP contribution in [0.4, 0.5) is 5.69 Å². The van der Waals surface area contributed by atoms with E-state index in [4.69, 9.17) is 0 Å². The molecular weight excluding hydrogens is 262 g/mol. The third-order valence-electron chi connectivity index (χ3n) is 3.44. The normalized spacial score (nSPS) is 12.6. The van der Waals surface area contributed by atoms with Gasteiger partial charge in [-0.05, 0) is 57.1 Å². The molecule has 0 aliphatic carbocycles. The van der Waals surface area contributed by atoms with E-state index in [0.717, 1.165) is 29.8 Å². The number of rotatable bonds is 7. The highest BCUT2D eigenvalue weighted by Gasteiger charge is 2.17. The van der Waals surface area contributed by atoms with E-state index < -0.39 is 0 Å². The Morgan fingerprint density at radius 1 is 1.29 bits per heavy atom. The van der Waals surface area contributed by atoms with Gasteiger partial charge in [0.15, 0.2) is 0 Å². The van der Waals surface area contributed by atoms with E-state index in [-0.39, 0.29) is 11.9 Å². The van der Waals surface area contributed by atoms with Crippen molar-refractivity contribution >= 4 is 11.6 Å². The zero-order valence-corrected chi connectivity index (χ0v) is 14.2. The monoisotopic (exact) mass is 291 g/mol. The zero-order valence-electron chi connectivity index (χ0n) is 14.2. The Labute approximate surface area is 128 Å². The van der Waals surface area contributed by atoms with Crippen molar-refractivity contribution in [3.8, 4) is 0 Å². The van der Waals surface area contributed by atoms with Gasteiger partial charge in [0, 0.05) is 30.9 Å². The van der Waals surface area contributed by atoms with Crippen molar-refractivity contribution in [2.75, 3.05) is 33.0 Å². The van der Waals surface area contributed by atoms with Crippen LogP contribution >= 0.6 is 0 Å². The number of likely N-dealkylation sites (N-methyl/N-ethyl adjacent to an activating group) is 1. The molecule has 1 unspecified atom stereocenters. The minimum absolute atomic E-state index is 0.0163. The quantitative estimate of drug-likeness (QED) is 0.812. The number of carbonyl (C=O) groups excluding carboxylic acids is 1. The van der Waals surface area contributed by atoms with E-state index in [1.165, 1.54) is 0 Å².